The molecule has 0 aliphatic rings. The number of methoxy groups -OCH3 is 1. The van der Waals surface area contributed by atoms with E-state index in [1.165, 1.54) is 0 Å². The highest BCUT2D eigenvalue weighted by atomic mass is 16.5. The third kappa shape index (κ3) is 4.57. The molecule has 2 aromatic carbocycles. The Hall–Kier alpha value is -2.86. The van der Waals surface area contributed by atoms with Crippen molar-refractivity contribution in [2.75, 3.05) is 7.11 Å². The Labute approximate surface area is 140 Å². The van der Waals surface area contributed by atoms with Gasteiger partial charge in [-0.25, -0.2) is 0 Å². The van der Waals surface area contributed by atoms with E-state index < -0.39 is 24.0 Å². The van der Waals surface area contributed by atoms with Crippen molar-refractivity contribution in [3.8, 4) is 5.75 Å². The SMILES string of the molecule is COc1ccc(C[C@@H](NC(=O)[C@@H](O)c2ccccc2)C(N)=O)cc1. The maximum atomic E-state index is 12.2. The van der Waals surface area contributed by atoms with Gasteiger partial charge in [-0.3, -0.25) is 9.59 Å². The molecule has 0 saturated carbocycles. The first-order valence-corrected chi connectivity index (χ1v) is 7.47. The zero-order valence-electron chi connectivity index (χ0n) is 13.3. The first-order chi connectivity index (χ1) is 11.5. The van der Waals surface area contributed by atoms with Crippen molar-refractivity contribution in [1.29, 1.82) is 0 Å². The van der Waals surface area contributed by atoms with Crippen LogP contribution >= 0.6 is 0 Å². The normalized spacial score (nSPS) is 12.9. The molecule has 0 heterocycles. The number of rotatable bonds is 7. The minimum Gasteiger partial charge on any atom is -0.497 e. The van der Waals surface area contributed by atoms with E-state index in [9.17, 15) is 14.7 Å². The Morgan fingerprint density at radius 2 is 1.75 bits per heavy atom. The number of hydrogen-bond acceptors (Lipinski definition) is 4. The van der Waals surface area contributed by atoms with Crippen LogP contribution in [0.25, 0.3) is 0 Å². The maximum Gasteiger partial charge on any atom is 0.254 e. The minimum atomic E-state index is -1.36. The number of nitrogens with one attached hydrogen (secondary N) is 1. The molecule has 2 aromatic rings. The van der Waals surface area contributed by atoms with Gasteiger partial charge in [-0.15, -0.1) is 0 Å². The quantitative estimate of drug-likeness (QED) is 0.704. The molecule has 126 valence electrons. The zero-order chi connectivity index (χ0) is 17.5. The van der Waals surface area contributed by atoms with Gasteiger partial charge in [0, 0.05) is 6.42 Å². The smallest absolute Gasteiger partial charge is 0.254 e. The zero-order valence-corrected chi connectivity index (χ0v) is 13.3. The highest BCUT2D eigenvalue weighted by Crippen LogP contribution is 2.15. The molecule has 0 fully saturated rings. The Bertz CT molecular complexity index is 686. The van der Waals surface area contributed by atoms with Gasteiger partial charge in [-0.05, 0) is 23.3 Å². The molecule has 0 saturated heterocycles. The second kappa shape index (κ2) is 8.12. The van der Waals surface area contributed by atoms with E-state index in [0.717, 1.165) is 5.56 Å². The number of benzene rings is 2. The van der Waals surface area contributed by atoms with Gasteiger partial charge in [-0.2, -0.15) is 0 Å². The van der Waals surface area contributed by atoms with E-state index in [1.807, 2.05) is 0 Å². The molecule has 2 amide bonds. The van der Waals surface area contributed by atoms with Crippen molar-refractivity contribution >= 4 is 11.8 Å². The van der Waals surface area contributed by atoms with Crippen molar-refractivity contribution in [1.82, 2.24) is 5.32 Å². The van der Waals surface area contributed by atoms with E-state index in [2.05, 4.69) is 5.32 Å². The van der Waals surface area contributed by atoms with Crippen LogP contribution in [0.1, 0.15) is 17.2 Å². The van der Waals surface area contributed by atoms with Gasteiger partial charge in [-0.1, -0.05) is 42.5 Å². The number of aliphatic hydroxyl groups is 1. The van der Waals surface area contributed by atoms with Gasteiger partial charge in [0.1, 0.15) is 11.8 Å². The fourth-order valence-electron chi connectivity index (χ4n) is 2.26. The maximum absolute atomic E-state index is 12.2. The van der Waals surface area contributed by atoms with Gasteiger partial charge < -0.3 is 20.9 Å². The van der Waals surface area contributed by atoms with Crippen LogP contribution < -0.4 is 15.8 Å². The number of carbonyl (C=O) groups is 2. The molecule has 0 aromatic heterocycles. The van der Waals surface area contributed by atoms with E-state index >= 15 is 0 Å². The third-order valence-electron chi connectivity index (χ3n) is 3.62. The molecule has 0 aliphatic heterocycles. The molecule has 2 rings (SSSR count). The summed E-state index contributed by atoms with van der Waals surface area (Å²) in [5, 5.41) is 12.6. The van der Waals surface area contributed by atoms with Crippen molar-refractivity contribution in [3.63, 3.8) is 0 Å². The third-order valence-corrected chi connectivity index (χ3v) is 3.62. The number of hydrogen-bond donors (Lipinski definition) is 3. The average molecular weight is 328 g/mol. The topological polar surface area (TPSA) is 102 Å². The lowest BCUT2D eigenvalue weighted by atomic mass is 10.0. The van der Waals surface area contributed by atoms with Gasteiger partial charge >= 0.3 is 0 Å². The van der Waals surface area contributed by atoms with Crippen LogP contribution in [0.2, 0.25) is 0 Å². The van der Waals surface area contributed by atoms with Gasteiger partial charge in [0.15, 0.2) is 6.10 Å². The lowest BCUT2D eigenvalue weighted by Gasteiger charge is -2.18. The molecule has 24 heavy (non-hydrogen) atoms. The summed E-state index contributed by atoms with van der Waals surface area (Å²) < 4.78 is 5.07. The molecular weight excluding hydrogens is 308 g/mol. The summed E-state index contributed by atoms with van der Waals surface area (Å²) in [6, 6.07) is 14.7. The summed E-state index contributed by atoms with van der Waals surface area (Å²) in [5.41, 5.74) is 6.63. The number of nitrogens with two attached hydrogens (primary N) is 1. The monoisotopic (exact) mass is 328 g/mol. The molecule has 0 bridgehead atoms. The standard InChI is InChI=1S/C18H20N2O4/c1-24-14-9-7-12(8-10-14)11-15(17(19)22)20-18(23)16(21)13-5-3-2-4-6-13/h2-10,15-16,21H,11H2,1H3,(H2,19,22)(H,20,23)/t15-,16+/m1/s1. The predicted octanol–water partition coefficient (Wildman–Crippen LogP) is 0.941. The van der Waals surface area contributed by atoms with Crippen LogP contribution in [-0.4, -0.2) is 30.1 Å². The molecule has 6 heteroatoms. The van der Waals surface area contributed by atoms with Crippen molar-refractivity contribution in [2.45, 2.75) is 18.6 Å². The second-order valence-corrected chi connectivity index (χ2v) is 5.33. The van der Waals surface area contributed by atoms with E-state index in [0.29, 0.717) is 11.3 Å². The molecule has 4 N–H and O–H groups in total. The van der Waals surface area contributed by atoms with Gasteiger partial charge in [0.25, 0.3) is 5.91 Å². The molecule has 0 radical (unpaired) electrons. The number of ether oxygens (including phenoxy) is 1. The molecule has 6 nitrogen and oxygen atoms in total. The van der Waals surface area contributed by atoms with Crippen LogP contribution in [0.5, 0.6) is 5.75 Å². The van der Waals surface area contributed by atoms with E-state index in [1.54, 1.807) is 61.7 Å². The first-order valence-electron chi connectivity index (χ1n) is 7.47. The summed E-state index contributed by atoms with van der Waals surface area (Å²) in [6.45, 7) is 0. The van der Waals surface area contributed by atoms with Crippen LogP contribution in [0.4, 0.5) is 0 Å². The number of primary amides is 1. The largest absolute Gasteiger partial charge is 0.497 e. The van der Waals surface area contributed by atoms with Crippen molar-refractivity contribution in [2.24, 2.45) is 5.73 Å². The Morgan fingerprint density at radius 1 is 1.12 bits per heavy atom. The highest BCUT2D eigenvalue weighted by molar-refractivity contribution is 5.89. The average Bonchev–Trinajstić information content (AvgIpc) is 2.61. The van der Waals surface area contributed by atoms with Crippen LogP contribution in [0, 0.1) is 0 Å². The number of carbonyl (C=O) groups excluding carboxylic acids is 2. The first kappa shape index (κ1) is 17.5. The van der Waals surface area contributed by atoms with Crippen molar-refractivity contribution in [3.05, 3.63) is 65.7 Å². The van der Waals surface area contributed by atoms with Crippen molar-refractivity contribution < 1.29 is 19.4 Å². The Morgan fingerprint density at radius 3 is 2.29 bits per heavy atom. The number of amides is 2. The number of aliphatic hydroxyl groups excluding tert-OH is 1. The van der Waals surface area contributed by atoms with Gasteiger partial charge in [0.2, 0.25) is 5.91 Å². The van der Waals surface area contributed by atoms with Crippen LogP contribution in [0.15, 0.2) is 54.6 Å². The highest BCUT2D eigenvalue weighted by Gasteiger charge is 2.24. The van der Waals surface area contributed by atoms with Gasteiger partial charge in [0.05, 0.1) is 7.11 Å². The summed E-state index contributed by atoms with van der Waals surface area (Å²) >= 11 is 0. The Balaban J connectivity index is 2.04. The fraction of sp³-hybridized carbons (Fsp3) is 0.222. The minimum absolute atomic E-state index is 0.229. The lowest BCUT2D eigenvalue weighted by Crippen LogP contribution is -2.47. The van der Waals surface area contributed by atoms with E-state index in [-0.39, 0.29) is 6.42 Å². The second-order valence-electron chi connectivity index (χ2n) is 5.33. The summed E-state index contributed by atoms with van der Waals surface area (Å²) in [5.74, 6) is -0.643. The summed E-state index contributed by atoms with van der Waals surface area (Å²) in [7, 11) is 1.56. The van der Waals surface area contributed by atoms with Crippen LogP contribution in [-0.2, 0) is 16.0 Å². The van der Waals surface area contributed by atoms with E-state index in [4.69, 9.17) is 10.5 Å². The summed E-state index contributed by atoms with van der Waals surface area (Å²) in [6.07, 6.45) is -1.13. The molecule has 2 atom stereocenters. The molecular formula is C18H20N2O4. The lowest BCUT2D eigenvalue weighted by molar-refractivity contribution is -0.133. The summed E-state index contributed by atoms with van der Waals surface area (Å²) in [4.78, 5) is 23.8. The molecule has 0 spiro atoms. The predicted molar refractivity (Wildman–Crippen MR) is 89.2 cm³/mol. The molecule has 0 unspecified atom stereocenters. The Kier molecular flexibility index (Phi) is 5.92. The van der Waals surface area contributed by atoms with Crippen LogP contribution in [0.3, 0.4) is 0 Å². The fourth-order valence-corrected chi connectivity index (χ4v) is 2.26. The molecule has 0 aliphatic carbocycles.